The molecule has 0 spiro atoms. The predicted octanol–water partition coefficient (Wildman–Crippen LogP) is 3.75. The van der Waals surface area contributed by atoms with Crippen LogP contribution in [0.3, 0.4) is 0 Å². The van der Waals surface area contributed by atoms with Gasteiger partial charge in [0.1, 0.15) is 12.2 Å². The van der Waals surface area contributed by atoms with Crippen LogP contribution in [0.4, 0.5) is 11.4 Å². The Bertz CT molecular complexity index is 1190. The van der Waals surface area contributed by atoms with Gasteiger partial charge in [0, 0.05) is 16.3 Å². The van der Waals surface area contributed by atoms with Gasteiger partial charge in [-0.05, 0) is 53.1 Å². The van der Waals surface area contributed by atoms with Crippen LogP contribution < -0.4 is 17.2 Å². The molecule has 0 radical (unpaired) electrons. The second-order valence-electron chi connectivity index (χ2n) is 6.51. The molecule has 0 amide bonds. The van der Waals surface area contributed by atoms with E-state index >= 15 is 0 Å². The van der Waals surface area contributed by atoms with Gasteiger partial charge >= 0.3 is 0 Å². The molecule has 30 heavy (non-hydrogen) atoms. The van der Waals surface area contributed by atoms with Crippen LogP contribution >= 0.6 is 11.8 Å². The molecule has 148 valence electrons. The highest BCUT2D eigenvalue weighted by atomic mass is 32.2. The van der Waals surface area contributed by atoms with Gasteiger partial charge in [0.05, 0.1) is 22.2 Å². The van der Waals surface area contributed by atoms with Gasteiger partial charge in [0.2, 0.25) is 0 Å². The summed E-state index contributed by atoms with van der Waals surface area (Å²) in [6.45, 7) is 0. The predicted molar refractivity (Wildman–Crippen MR) is 120 cm³/mol. The molecule has 0 saturated carbocycles. The van der Waals surface area contributed by atoms with E-state index in [9.17, 15) is 10.4 Å². The minimum Gasteiger partial charge on any atom is -0.399 e. The summed E-state index contributed by atoms with van der Waals surface area (Å²) in [4.78, 5) is 0.697. The quantitative estimate of drug-likeness (QED) is 0.283. The van der Waals surface area contributed by atoms with Crippen molar-refractivity contribution in [2.24, 2.45) is 5.73 Å². The highest BCUT2D eigenvalue weighted by molar-refractivity contribution is 8.03. The Labute approximate surface area is 178 Å². The van der Waals surface area contributed by atoms with E-state index in [2.05, 4.69) is 6.07 Å². The number of hydrogen-bond acceptors (Lipinski definition) is 7. The lowest BCUT2D eigenvalue weighted by Gasteiger charge is -2.14. The third-order valence-corrected chi connectivity index (χ3v) is 5.47. The number of thioether (sulfide) groups is 1. The van der Waals surface area contributed by atoms with Crippen molar-refractivity contribution >= 4 is 28.7 Å². The van der Waals surface area contributed by atoms with Crippen LogP contribution in [0, 0.1) is 22.7 Å². The Kier molecular flexibility index (Phi) is 6.29. The molecule has 3 rings (SSSR count). The molecule has 7 N–H and O–H groups in total. The molecule has 1 unspecified atom stereocenters. The van der Waals surface area contributed by atoms with Gasteiger partial charge in [0.25, 0.3) is 0 Å². The first-order valence-corrected chi connectivity index (χ1v) is 9.75. The molecule has 0 aliphatic rings. The summed E-state index contributed by atoms with van der Waals surface area (Å²) < 4.78 is 0. The average Bonchev–Trinajstić information content (AvgIpc) is 2.76. The van der Waals surface area contributed by atoms with Crippen molar-refractivity contribution in [3.8, 4) is 12.1 Å². The molecule has 0 bridgehead atoms. The summed E-state index contributed by atoms with van der Waals surface area (Å²) in [7, 11) is 0. The van der Waals surface area contributed by atoms with Crippen LogP contribution in [0.5, 0.6) is 0 Å². The van der Waals surface area contributed by atoms with Crippen molar-refractivity contribution in [1.29, 1.82) is 10.5 Å². The lowest BCUT2D eigenvalue weighted by Crippen LogP contribution is -2.02. The SMILES string of the molecule is N#C/C(=C(/N)Sc1ccc(N)cc1N)c1cccc(C(O)c2ccc(C#N)cc2)c1. The number of allylic oxidation sites excluding steroid dienone is 1. The summed E-state index contributed by atoms with van der Waals surface area (Å²) in [5.41, 5.74) is 21.6. The van der Waals surface area contributed by atoms with Crippen molar-refractivity contribution in [3.63, 3.8) is 0 Å². The molecule has 0 aliphatic heterocycles. The number of nitriles is 2. The molecule has 0 aliphatic carbocycles. The zero-order chi connectivity index (χ0) is 21.7. The second-order valence-corrected chi connectivity index (χ2v) is 7.60. The van der Waals surface area contributed by atoms with Gasteiger partial charge in [0.15, 0.2) is 0 Å². The summed E-state index contributed by atoms with van der Waals surface area (Å²) in [5, 5.41) is 29.6. The van der Waals surface area contributed by atoms with Crippen molar-refractivity contribution in [2.45, 2.75) is 11.0 Å². The first kappa shape index (κ1) is 20.8. The molecule has 3 aromatic rings. The van der Waals surface area contributed by atoms with Gasteiger partial charge in [-0.2, -0.15) is 10.5 Å². The number of nitrogen functional groups attached to an aromatic ring is 2. The van der Waals surface area contributed by atoms with E-state index in [1.807, 2.05) is 6.07 Å². The van der Waals surface area contributed by atoms with Gasteiger partial charge < -0.3 is 22.3 Å². The molecular weight excluding hydrogens is 394 g/mol. The Balaban J connectivity index is 1.92. The lowest BCUT2D eigenvalue weighted by atomic mass is 9.97. The standard InChI is InChI=1S/C23H19N5OS/c24-12-14-4-6-15(7-5-14)22(29)17-3-1-2-16(10-17)19(13-25)23(28)30-21-9-8-18(26)11-20(21)27/h1-11,22,29H,26-28H2/b23-19+. The van der Waals surface area contributed by atoms with Crippen LogP contribution in [0.15, 0.2) is 76.7 Å². The third-order valence-electron chi connectivity index (χ3n) is 4.46. The third kappa shape index (κ3) is 4.56. The fraction of sp³-hybridized carbons (Fsp3) is 0.0435. The Morgan fingerprint density at radius 2 is 1.67 bits per heavy atom. The second kappa shape index (κ2) is 9.06. The zero-order valence-electron chi connectivity index (χ0n) is 15.9. The molecule has 1 atom stereocenters. The molecule has 0 fully saturated rings. The topological polar surface area (TPSA) is 146 Å². The zero-order valence-corrected chi connectivity index (χ0v) is 16.7. The molecule has 0 saturated heterocycles. The van der Waals surface area contributed by atoms with Crippen molar-refractivity contribution in [2.75, 3.05) is 11.5 Å². The molecule has 0 aromatic heterocycles. The average molecular weight is 414 g/mol. The number of hydrogen-bond donors (Lipinski definition) is 4. The highest BCUT2D eigenvalue weighted by Gasteiger charge is 2.15. The Morgan fingerprint density at radius 1 is 0.933 bits per heavy atom. The van der Waals surface area contributed by atoms with Crippen LogP contribution in [0.1, 0.15) is 28.4 Å². The van der Waals surface area contributed by atoms with E-state index in [1.165, 1.54) is 11.8 Å². The van der Waals surface area contributed by atoms with Crippen molar-refractivity contribution in [3.05, 3.63) is 94.0 Å². The summed E-state index contributed by atoms with van der Waals surface area (Å²) in [5.74, 6) is 0. The summed E-state index contributed by atoms with van der Waals surface area (Å²) in [6, 6.07) is 23.0. The Morgan fingerprint density at radius 3 is 2.30 bits per heavy atom. The van der Waals surface area contributed by atoms with Gasteiger partial charge in [-0.1, -0.05) is 42.1 Å². The minimum atomic E-state index is -0.903. The monoisotopic (exact) mass is 413 g/mol. The highest BCUT2D eigenvalue weighted by Crippen LogP contribution is 2.34. The molecule has 0 heterocycles. The summed E-state index contributed by atoms with van der Waals surface area (Å²) >= 11 is 1.18. The van der Waals surface area contributed by atoms with Crippen molar-refractivity contribution in [1.82, 2.24) is 0 Å². The largest absolute Gasteiger partial charge is 0.399 e. The maximum Gasteiger partial charge on any atom is 0.104 e. The fourth-order valence-corrected chi connectivity index (χ4v) is 3.70. The first-order valence-electron chi connectivity index (χ1n) is 8.94. The normalized spacial score (nSPS) is 12.4. The van der Waals surface area contributed by atoms with E-state index in [0.29, 0.717) is 43.6 Å². The summed E-state index contributed by atoms with van der Waals surface area (Å²) in [6.07, 6.45) is -0.903. The number of nitrogens with two attached hydrogens (primary N) is 3. The van der Waals surface area contributed by atoms with Gasteiger partial charge in [-0.25, -0.2) is 0 Å². The van der Waals surface area contributed by atoms with Crippen molar-refractivity contribution < 1.29 is 5.11 Å². The van der Waals surface area contributed by atoms with Gasteiger partial charge in [-0.15, -0.1) is 0 Å². The Hall–Kier alpha value is -3.91. The number of aliphatic hydroxyl groups is 1. The maximum atomic E-state index is 10.7. The number of aliphatic hydroxyl groups excluding tert-OH is 1. The fourth-order valence-electron chi connectivity index (χ4n) is 2.89. The van der Waals surface area contributed by atoms with E-state index in [4.69, 9.17) is 22.5 Å². The number of rotatable bonds is 5. The van der Waals surface area contributed by atoms with E-state index in [0.717, 1.165) is 0 Å². The minimum absolute atomic E-state index is 0.283. The lowest BCUT2D eigenvalue weighted by molar-refractivity contribution is 0.220. The number of benzene rings is 3. The van der Waals surface area contributed by atoms with Crippen LogP contribution in [0.2, 0.25) is 0 Å². The number of anilines is 2. The first-order chi connectivity index (χ1) is 14.4. The molecule has 3 aromatic carbocycles. The van der Waals surface area contributed by atoms with Crippen LogP contribution in [0.25, 0.3) is 5.57 Å². The van der Waals surface area contributed by atoms with E-state index in [-0.39, 0.29) is 5.57 Å². The molecular formula is C23H19N5OS. The smallest absolute Gasteiger partial charge is 0.104 e. The van der Waals surface area contributed by atoms with E-state index < -0.39 is 6.10 Å². The van der Waals surface area contributed by atoms with E-state index in [1.54, 1.807) is 66.7 Å². The van der Waals surface area contributed by atoms with Crippen LogP contribution in [-0.2, 0) is 0 Å². The number of nitrogens with zero attached hydrogens (tertiary/aromatic N) is 2. The van der Waals surface area contributed by atoms with Gasteiger partial charge in [-0.3, -0.25) is 0 Å². The molecule has 7 heteroatoms. The molecule has 6 nitrogen and oxygen atoms in total. The maximum absolute atomic E-state index is 10.7. The van der Waals surface area contributed by atoms with Crippen LogP contribution in [-0.4, -0.2) is 5.11 Å².